The lowest BCUT2D eigenvalue weighted by Crippen LogP contribution is -2.43. The predicted octanol–water partition coefficient (Wildman–Crippen LogP) is 0.361. The van der Waals surface area contributed by atoms with Crippen LogP contribution in [0, 0.1) is 0 Å². The van der Waals surface area contributed by atoms with Gasteiger partial charge in [0.05, 0.1) is 6.54 Å². The Labute approximate surface area is 111 Å². The number of furan rings is 1. The molecule has 1 aromatic rings. The normalized spacial score (nSPS) is 11.7. The second-order valence-corrected chi connectivity index (χ2v) is 4.20. The molecule has 18 heavy (non-hydrogen) atoms. The van der Waals surface area contributed by atoms with E-state index in [-0.39, 0.29) is 12.3 Å². The summed E-state index contributed by atoms with van der Waals surface area (Å²) in [7, 11) is 0. The molecule has 0 unspecified atom stereocenters. The van der Waals surface area contributed by atoms with Crippen molar-refractivity contribution in [2.75, 3.05) is 6.54 Å². The first kappa shape index (κ1) is 14.2. The van der Waals surface area contributed by atoms with E-state index < -0.39 is 23.8 Å². The molecule has 0 bridgehead atoms. The van der Waals surface area contributed by atoms with E-state index in [0.29, 0.717) is 4.67 Å². The summed E-state index contributed by atoms with van der Waals surface area (Å²) in [5, 5.41) is 13.1. The van der Waals surface area contributed by atoms with Crippen LogP contribution in [0.5, 0.6) is 0 Å². The van der Waals surface area contributed by atoms with Crippen molar-refractivity contribution in [1.82, 2.24) is 10.6 Å². The minimum absolute atomic E-state index is 0.0564. The second kappa shape index (κ2) is 6.20. The lowest BCUT2D eigenvalue weighted by molar-refractivity contribution is -0.141. The Kier molecular flexibility index (Phi) is 4.90. The van der Waals surface area contributed by atoms with Gasteiger partial charge in [-0.05, 0) is 35.0 Å². The fraction of sp³-hybridized carbons (Fsp3) is 0.300. The van der Waals surface area contributed by atoms with Crippen LogP contribution in [0.4, 0.5) is 0 Å². The molecule has 0 aliphatic heterocycles. The summed E-state index contributed by atoms with van der Waals surface area (Å²) in [6.07, 6.45) is 0. The van der Waals surface area contributed by atoms with Crippen LogP contribution in [-0.4, -0.2) is 35.5 Å². The Morgan fingerprint density at radius 3 is 2.61 bits per heavy atom. The molecule has 2 amide bonds. The van der Waals surface area contributed by atoms with Gasteiger partial charge in [0.2, 0.25) is 5.91 Å². The molecule has 0 spiro atoms. The third kappa shape index (κ3) is 4.21. The van der Waals surface area contributed by atoms with Crippen LogP contribution < -0.4 is 10.6 Å². The zero-order valence-electron chi connectivity index (χ0n) is 9.40. The molecule has 1 aromatic heterocycles. The predicted molar refractivity (Wildman–Crippen MR) is 64.0 cm³/mol. The van der Waals surface area contributed by atoms with Crippen molar-refractivity contribution >= 4 is 33.7 Å². The van der Waals surface area contributed by atoms with Gasteiger partial charge in [-0.3, -0.25) is 14.4 Å². The van der Waals surface area contributed by atoms with Gasteiger partial charge in [0, 0.05) is 0 Å². The first-order chi connectivity index (χ1) is 8.40. The van der Waals surface area contributed by atoms with E-state index in [1.807, 2.05) is 0 Å². The van der Waals surface area contributed by atoms with Crippen LogP contribution in [0.1, 0.15) is 17.5 Å². The number of aliphatic carboxylic acids is 1. The smallest absolute Gasteiger partial charge is 0.325 e. The van der Waals surface area contributed by atoms with Crippen LogP contribution in [-0.2, 0) is 9.59 Å². The fourth-order valence-electron chi connectivity index (χ4n) is 1.04. The molecule has 1 atom stereocenters. The number of carbonyl (C=O) groups excluding carboxylic acids is 2. The summed E-state index contributed by atoms with van der Waals surface area (Å²) in [5.74, 6) is -2.24. The number of amides is 2. The summed E-state index contributed by atoms with van der Waals surface area (Å²) in [6.45, 7) is 1.00. The molecular weight excluding hydrogens is 308 g/mol. The number of hydrogen-bond acceptors (Lipinski definition) is 4. The lowest BCUT2D eigenvalue weighted by Gasteiger charge is -2.09. The van der Waals surface area contributed by atoms with E-state index in [1.165, 1.54) is 13.0 Å². The molecule has 3 N–H and O–H groups in total. The highest BCUT2D eigenvalue weighted by atomic mass is 79.9. The van der Waals surface area contributed by atoms with Gasteiger partial charge in [-0.15, -0.1) is 0 Å². The van der Waals surface area contributed by atoms with Gasteiger partial charge in [-0.25, -0.2) is 0 Å². The molecule has 1 rings (SSSR count). The van der Waals surface area contributed by atoms with Gasteiger partial charge in [-0.1, -0.05) is 0 Å². The lowest BCUT2D eigenvalue weighted by atomic mass is 10.3. The van der Waals surface area contributed by atoms with Crippen molar-refractivity contribution in [3.63, 3.8) is 0 Å². The maximum Gasteiger partial charge on any atom is 0.325 e. The highest BCUT2D eigenvalue weighted by Gasteiger charge is 2.15. The molecule has 0 aliphatic rings. The third-order valence-electron chi connectivity index (χ3n) is 1.95. The maximum atomic E-state index is 11.5. The number of carboxylic acid groups (broad SMARTS) is 1. The van der Waals surface area contributed by atoms with Crippen LogP contribution >= 0.6 is 15.9 Å². The largest absolute Gasteiger partial charge is 0.480 e. The monoisotopic (exact) mass is 318 g/mol. The zero-order chi connectivity index (χ0) is 13.7. The molecule has 98 valence electrons. The van der Waals surface area contributed by atoms with Gasteiger partial charge >= 0.3 is 5.97 Å². The van der Waals surface area contributed by atoms with Gasteiger partial charge in [0.15, 0.2) is 10.4 Å². The van der Waals surface area contributed by atoms with Crippen LogP contribution in [0.15, 0.2) is 21.2 Å². The average Bonchev–Trinajstić information content (AvgIpc) is 2.72. The average molecular weight is 319 g/mol. The number of carbonyl (C=O) groups is 3. The van der Waals surface area contributed by atoms with Crippen LogP contribution in [0.25, 0.3) is 0 Å². The Hall–Kier alpha value is -1.83. The molecule has 0 radical (unpaired) electrons. The zero-order valence-corrected chi connectivity index (χ0v) is 11.0. The van der Waals surface area contributed by atoms with Crippen molar-refractivity contribution in [3.05, 3.63) is 22.6 Å². The fourth-order valence-corrected chi connectivity index (χ4v) is 1.34. The molecular formula is C10H11BrN2O5. The molecule has 0 saturated heterocycles. The summed E-state index contributed by atoms with van der Waals surface area (Å²) in [6, 6.07) is 1.98. The van der Waals surface area contributed by atoms with Gasteiger partial charge in [0.1, 0.15) is 6.04 Å². The first-order valence-corrected chi connectivity index (χ1v) is 5.75. The van der Waals surface area contributed by atoms with E-state index in [0.717, 1.165) is 0 Å². The third-order valence-corrected chi connectivity index (χ3v) is 2.38. The van der Waals surface area contributed by atoms with Crippen molar-refractivity contribution in [2.24, 2.45) is 0 Å². The molecule has 0 aromatic carbocycles. The van der Waals surface area contributed by atoms with E-state index in [4.69, 9.17) is 9.52 Å². The minimum Gasteiger partial charge on any atom is -0.480 e. The Morgan fingerprint density at radius 1 is 1.44 bits per heavy atom. The van der Waals surface area contributed by atoms with E-state index in [2.05, 4.69) is 26.6 Å². The van der Waals surface area contributed by atoms with E-state index in [1.54, 1.807) is 6.07 Å². The van der Waals surface area contributed by atoms with Gasteiger partial charge in [0.25, 0.3) is 5.91 Å². The molecule has 8 heteroatoms. The molecule has 0 fully saturated rings. The molecule has 0 aliphatic carbocycles. The summed E-state index contributed by atoms with van der Waals surface area (Å²) >= 11 is 3.04. The number of hydrogen-bond donors (Lipinski definition) is 3. The highest BCUT2D eigenvalue weighted by Crippen LogP contribution is 2.13. The Balaban J connectivity index is 2.39. The standard InChI is InChI=1S/C10H11BrN2O5/c1-5(10(16)17)13-8(14)4-12-9(15)6-2-3-7(11)18-6/h2-3,5H,4H2,1H3,(H,12,15)(H,13,14)(H,16,17)/t5-/m1/s1. The SMILES string of the molecule is C[C@@H](NC(=O)CNC(=O)c1ccc(Br)o1)C(=O)O. The van der Waals surface area contributed by atoms with Crippen molar-refractivity contribution < 1.29 is 23.9 Å². The number of halogens is 1. The number of nitrogens with one attached hydrogen (secondary N) is 2. The first-order valence-electron chi connectivity index (χ1n) is 4.96. The quantitative estimate of drug-likeness (QED) is 0.726. The summed E-state index contributed by atoms with van der Waals surface area (Å²) in [5.41, 5.74) is 0. The maximum absolute atomic E-state index is 11.5. The Morgan fingerprint density at radius 2 is 2.11 bits per heavy atom. The summed E-state index contributed by atoms with van der Waals surface area (Å²) in [4.78, 5) is 33.2. The van der Waals surface area contributed by atoms with E-state index in [9.17, 15) is 14.4 Å². The second-order valence-electron chi connectivity index (χ2n) is 3.41. The van der Waals surface area contributed by atoms with Gasteiger partial charge < -0.3 is 20.2 Å². The number of carboxylic acids is 1. The highest BCUT2D eigenvalue weighted by molar-refractivity contribution is 9.10. The van der Waals surface area contributed by atoms with Gasteiger partial charge in [-0.2, -0.15) is 0 Å². The van der Waals surface area contributed by atoms with Crippen molar-refractivity contribution in [1.29, 1.82) is 0 Å². The van der Waals surface area contributed by atoms with Crippen molar-refractivity contribution in [2.45, 2.75) is 13.0 Å². The molecule has 0 saturated carbocycles. The van der Waals surface area contributed by atoms with Crippen LogP contribution in [0.3, 0.4) is 0 Å². The minimum atomic E-state index is -1.15. The molecule has 1 heterocycles. The number of rotatable bonds is 5. The van der Waals surface area contributed by atoms with Crippen molar-refractivity contribution in [3.8, 4) is 0 Å². The Bertz CT molecular complexity index is 471. The molecule has 7 nitrogen and oxygen atoms in total. The topological polar surface area (TPSA) is 109 Å². The summed E-state index contributed by atoms with van der Waals surface area (Å²) < 4.78 is 5.38. The van der Waals surface area contributed by atoms with E-state index >= 15 is 0 Å². The van der Waals surface area contributed by atoms with Crippen LogP contribution in [0.2, 0.25) is 0 Å².